The molecule has 0 aliphatic heterocycles. The summed E-state index contributed by atoms with van der Waals surface area (Å²) in [5.74, 6) is 0.700. The van der Waals surface area contributed by atoms with E-state index in [2.05, 4.69) is 15.5 Å². The number of ether oxygens (including phenoxy) is 1. The third-order valence-electron chi connectivity index (χ3n) is 3.09. The first-order valence-electron chi connectivity index (χ1n) is 6.91. The van der Waals surface area contributed by atoms with Gasteiger partial charge in [-0.2, -0.15) is 5.10 Å². The summed E-state index contributed by atoms with van der Waals surface area (Å²) >= 11 is 1.37. The number of nitrogens with zero attached hydrogens (tertiary/aromatic N) is 2. The summed E-state index contributed by atoms with van der Waals surface area (Å²) < 4.78 is 10.6. The minimum absolute atomic E-state index is 0.409. The molecule has 0 aliphatic carbocycles. The Balaban J connectivity index is 2.03. The van der Waals surface area contributed by atoms with Gasteiger partial charge in [0.1, 0.15) is 11.3 Å². The van der Waals surface area contributed by atoms with Gasteiger partial charge < -0.3 is 9.15 Å². The number of hydrazone groups is 1. The summed E-state index contributed by atoms with van der Waals surface area (Å²) in [5, 5.41) is 7.28. The molecule has 2 aromatic heterocycles. The molecule has 0 radical (unpaired) electrons. The van der Waals surface area contributed by atoms with E-state index in [9.17, 15) is 4.79 Å². The Kier molecular flexibility index (Phi) is 4.12. The molecule has 0 aliphatic rings. The van der Waals surface area contributed by atoms with Crippen LogP contribution in [0.5, 0.6) is 5.75 Å². The van der Waals surface area contributed by atoms with E-state index in [1.54, 1.807) is 30.7 Å². The lowest BCUT2D eigenvalue weighted by molar-refractivity contribution is 0.415. The minimum Gasteiger partial charge on any atom is -0.497 e. The zero-order valence-electron chi connectivity index (χ0n) is 12.9. The first-order chi connectivity index (χ1) is 11.1. The van der Waals surface area contributed by atoms with Crippen molar-refractivity contribution in [2.75, 3.05) is 12.5 Å². The number of methoxy groups -OCH3 is 1. The molecule has 7 heteroatoms. The van der Waals surface area contributed by atoms with Gasteiger partial charge in [-0.3, -0.25) is 5.43 Å². The van der Waals surface area contributed by atoms with Crippen LogP contribution in [-0.2, 0) is 0 Å². The maximum Gasteiger partial charge on any atom is 0.345 e. The third kappa shape index (κ3) is 3.24. The minimum atomic E-state index is -0.422. The summed E-state index contributed by atoms with van der Waals surface area (Å²) in [6.45, 7) is 3.76. The highest BCUT2D eigenvalue weighted by molar-refractivity contribution is 7.14. The van der Waals surface area contributed by atoms with Gasteiger partial charge in [0.05, 0.1) is 18.4 Å². The number of aromatic nitrogens is 1. The molecule has 0 unspecified atom stereocenters. The monoisotopic (exact) mass is 329 g/mol. The van der Waals surface area contributed by atoms with Crippen LogP contribution in [0.25, 0.3) is 22.2 Å². The van der Waals surface area contributed by atoms with Crippen LogP contribution in [0.4, 0.5) is 5.13 Å². The zero-order chi connectivity index (χ0) is 16.4. The predicted octanol–water partition coefficient (Wildman–Crippen LogP) is 3.73. The Morgan fingerprint density at radius 1 is 1.35 bits per heavy atom. The van der Waals surface area contributed by atoms with E-state index >= 15 is 0 Å². The van der Waals surface area contributed by atoms with Gasteiger partial charge in [-0.05, 0) is 38.1 Å². The average Bonchev–Trinajstić information content (AvgIpc) is 3.00. The standard InChI is InChI=1S/C16H15N3O3S/c1-9(2)18-19-16-17-13(8-23-16)12-7-10-6-11(21-3)4-5-14(10)22-15(12)20/h4-8H,1-3H3,(H,17,19). The molecule has 3 aromatic rings. The van der Waals surface area contributed by atoms with Gasteiger partial charge in [0.25, 0.3) is 0 Å². The van der Waals surface area contributed by atoms with Gasteiger partial charge in [0, 0.05) is 16.5 Å². The van der Waals surface area contributed by atoms with Gasteiger partial charge in [-0.15, -0.1) is 11.3 Å². The van der Waals surface area contributed by atoms with E-state index in [0.29, 0.717) is 27.7 Å². The molecule has 0 amide bonds. The van der Waals surface area contributed by atoms with E-state index in [0.717, 1.165) is 11.1 Å². The van der Waals surface area contributed by atoms with Gasteiger partial charge in [-0.25, -0.2) is 9.78 Å². The maximum absolute atomic E-state index is 12.2. The Morgan fingerprint density at radius 2 is 2.17 bits per heavy atom. The number of hydrogen-bond acceptors (Lipinski definition) is 7. The van der Waals surface area contributed by atoms with Crippen molar-refractivity contribution in [3.63, 3.8) is 0 Å². The lowest BCUT2D eigenvalue weighted by atomic mass is 10.1. The van der Waals surface area contributed by atoms with Crippen LogP contribution in [0.3, 0.4) is 0 Å². The van der Waals surface area contributed by atoms with E-state index in [1.165, 1.54) is 11.3 Å². The first kappa shape index (κ1) is 15.2. The first-order valence-corrected chi connectivity index (χ1v) is 7.79. The number of hydrogen-bond donors (Lipinski definition) is 1. The fourth-order valence-electron chi connectivity index (χ4n) is 2.02. The SMILES string of the molecule is COc1ccc2oc(=O)c(-c3csc(NN=C(C)C)n3)cc2c1. The number of benzene rings is 1. The van der Waals surface area contributed by atoms with E-state index < -0.39 is 5.63 Å². The Morgan fingerprint density at radius 3 is 2.91 bits per heavy atom. The highest BCUT2D eigenvalue weighted by Crippen LogP contribution is 2.27. The fraction of sp³-hybridized carbons (Fsp3) is 0.188. The fourth-order valence-corrected chi connectivity index (χ4v) is 2.67. The summed E-state index contributed by atoms with van der Waals surface area (Å²) in [6.07, 6.45) is 0. The van der Waals surface area contributed by atoms with Gasteiger partial charge >= 0.3 is 5.63 Å². The molecule has 118 valence electrons. The van der Waals surface area contributed by atoms with Crippen LogP contribution >= 0.6 is 11.3 Å². The van der Waals surface area contributed by atoms with Crippen molar-refractivity contribution in [2.24, 2.45) is 5.10 Å². The van der Waals surface area contributed by atoms with Crippen LogP contribution in [-0.4, -0.2) is 17.8 Å². The van der Waals surface area contributed by atoms with Crippen molar-refractivity contribution in [1.29, 1.82) is 0 Å². The number of anilines is 1. The summed E-state index contributed by atoms with van der Waals surface area (Å²) in [7, 11) is 1.59. The van der Waals surface area contributed by atoms with Gasteiger partial charge in [0.15, 0.2) is 0 Å². The van der Waals surface area contributed by atoms with E-state index in [-0.39, 0.29) is 0 Å². The Bertz CT molecular complexity index is 939. The molecular weight excluding hydrogens is 314 g/mol. The molecule has 0 atom stereocenters. The van der Waals surface area contributed by atoms with Crippen molar-refractivity contribution in [3.05, 3.63) is 40.1 Å². The van der Waals surface area contributed by atoms with Gasteiger partial charge in [0.2, 0.25) is 5.13 Å². The Labute approximate surface area is 136 Å². The largest absolute Gasteiger partial charge is 0.497 e. The smallest absolute Gasteiger partial charge is 0.345 e. The van der Waals surface area contributed by atoms with Crippen molar-refractivity contribution in [3.8, 4) is 17.0 Å². The van der Waals surface area contributed by atoms with Crippen LogP contribution in [0.2, 0.25) is 0 Å². The molecule has 0 bridgehead atoms. The van der Waals surface area contributed by atoms with E-state index in [4.69, 9.17) is 9.15 Å². The molecule has 6 nitrogen and oxygen atoms in total. The molecule has 1 N–H and O–H groups in total. The second kappa shape index (κ2) is 6.21. The molecule has 0 saturated heterocycles. The molecule has 0 spiro atoms. The number of thiazole rings is 1. The van der Waals surface area contributed by atoms with Gasteiger partial charge in [-0.1, -0.05) is 0 Å². The van der Waals surface area contributed by atoms with Crippen molar-refractivity contribution in [1.82, 2.24) is 4.98 Å². The zero-order valence-corrected chi connectivity index (χ0v) is 13.7. The quantitative estimate of drug-likeness (QED) is 0.448. The normalized spacial score (nSPS) is 10.6. The molecule has 2 heterocycles. The topological polar surface area (TPSA) is 76.7 Å². The summed E-state index contributed by atoms with van der Waals surface area (Å²) in [4.78, 5) is 16.6. The van der Waals surface area contributed by atoms with E-state index in [1.807, 2.05) is 19.9 Å². The molecule has 23 heavy (non-hydrogen) atoms. The van der Waals surface area contributed by atoms with Crippen LogP contribution < -0.4 is 15.8 Å². The Hall–Kier alpha value is -2.67. The van der Waals surface area contributed by atoms with Crippen LogP contribution in [0.1, 0.15) is 13.8 Å². The lowest BCUT2D eigenvalue weighted by Gasteiger charge is -2.03. The summed E-state index contributed by atoms with van der Waals surface area (Å²) in [6, 6.07) is 7.04. The highest BCUT2D eigenvalue weighted by atomic mass is 32.1. The number of rotatable bonds is 4. The molecule has 1 aromatic carbocycles. The second-order valence-corrected chi connectivity index (χ2v) is 5.92. The van der Waals surface area contributed by atoms with Crippen molar-refractivity contribution in [2.45, 2.75) is 13.8 Å². The highest BCUT2D eigenvalue weighted by Gasteiger charge is 2.12. The molecule has 0 fully saturated rings. The van der Waals surface area contributed by atoms with Crippen LogP contribution in [0.15, 0.2) is 44.0 Å². The second-order valence-electron chi connectivity index (χ2n) is 5.06. The molecule has 3 rings (SSSR count). The van der Waals surface area contributed by atoms with Crippen LogP contribution in [0, 0.1) is 0 Å². The summed E-state index contributed by atoms with van der Waals surface area (Å²) in [5.41, 5.74) is 4.80. The van der Waals surface area contributed by atoms with Crippen molar-refractivity contribution >= 4 is 33.1 Å². The molecular formula is C16H15N3O3S. The lowest BCUT2D eigenvalue weighted by Crippen LogP contribution is -2.03. The average molecular weight is 329 g/mol. The maximum atomic E-state index is 12.2. The third-order valence-corrected chi connectivity index (χ3v) is 3.84. The number of nitrogens with one attached hydrogen (secondary N) is 1. The number of fused-ring (bicyclic) bond motifs is 1. The van der Waals surface area contributed by atoms with Crippen molar-refractivity contribution < 1.29 is 9.15 Å². The predicted molar refractivity (Wildman–Crippen MR) is 92.5 cm³/mol. The molecule has 0 saturated carbocycles.